The molecule has 0 aliphatic rings. The highest BCUT2D eigenvalue weighted by Crippen LogP contribution is 2.16. The number of carbonyl (C=O) groups is 2. The predicted molar refractivity (Wildman–Crippen MR) is 168 cm³/mol. The molecule has 0 saturated heterocycles. The van der Waals surface area contributed by atoms with Crippen LogP contribution in [0.5, 0.6) is 0 Å². The molecule has 4 N–H and O–H groups in total. The van der Waals surface area contributed by atoms with Gasteiger partial charge >= 0.3 is 11.9 Å². The van der Waals surface area contributed by atoms with Crippen LogP contribution in [0.15, 0.2) is 12.5 Å². The number of unbranched alkanes of at least 4 members (excludes halogenated alkanes) is 12. The number of ether oxygens (including phenoxy) is 2. The Kier molecular flexibility index (Phi) is 17.7. The van der Waals surface area contributed by atoms with Crippen LogP contribution in [0.2, 0.25) is 0 Å². The molecule has 0 aliphatic carbocycles. The van der Waals surface area contributed by atoms with Gasteiger partial charge in [-0.15, -0.1) is 0 Å². The minimum absolute atomic E-state index is 0.00793. The number of aromatic nitrogens is 4. The van der Waals surface area contributed by atoms with Gasteiger partial charge in [0.15, 0.2) is 5.65 Å². The molecule has 3 atom stereocenters. The van der Waals surface area contributed by atoms with E-state index < -0.39 is 18.1 Å². The fourth-order valence-electron chi connectivity index (χ4n) is 4.97. The average Bonchev–Trinajstić information content (AvgIpc) is 3.39. The number of imidazole rings is 1. The Morgan fingerprint density at radius 2 is 1.52 bits per heavy atom. The van der Waals surface area contributed by atoms with Gasteiger partial charge in [0.2, 0.25) is 5.95 Å². The maximum Gasteiger partial charge on any atom is 0.323 e. The van der Waals surface area contributed by atoms with E-state index in [1.165, 1.54) is 64.2 Å². The Morgan fingerprint density at radius 3 is 2.14 bits per heavy atom. The molecule has 10 heteroatoms. The van der Waals surface area contributed by atoms with Crippen molar-refractivity contribution in [3.8, 4) is 0 Å². The van der Waals surface area contributed by atoms with Gasteiger partial charge in [0.05, 0.1) is 19.1 Å². The van der Waals surface area contributed by atoms with Crippen molar-refractivity contribution >= 4 is 29.1 Å². The van der Waals surface area contributed by atoms with Crippen LogP contribution in [-0.2, 0) is 25.6 Å². The molecular weight excluding hydrogens is 532 g/mol. The summed E-state index contributed by atoms with van der Waals surface area (Å²) in [5, 5.41) is 0. The van der Waals surface area contributed by atoms with Gasteiger partial charge < -0.3 is 25.5 Å². The fraction of sp³-hybridized carbons (Fsp3) is 0.781. The minimum atomic E-state index is -0.697. The number of nitrogen functional groups attached to an aromatic ring is 1. The van der Waals surface area contributed by atoms with Crippen LogP contribution >= 0.6 is 0 Å². The first-order chi connectivity index (χ1) is 20.3. The van der Waals surface area contributed by atoms with Gasteiger partial charge in [-0.1, -0.05) is 104 Å². The van der Waals surface area contributed by atoms with Gasteiger partial charge in [-0.3, -0.25) is 9.59 Å². The summed E-state index contributed by atoms with van der Waals surface area (Å²) in [7, 11) is 0. The Labute approximate surface area is 252 Å². The maximum atomic E-state index is 12.7. The van der Waals surface area contributed by atoms with Gasteiger partial charge in [-0.25, -0.2) is 9.97 Å². The third-order valence-corrected chi connectivity index (χ3v) is 8.07. The van der Waals surface area contributed by atoms with Crippen molar-refractivity contribution in [1.29, 1.82) is 0 Å². The van der Waals surface area contributed by atoms with Gasteiger partial charge in [-0.05, 0) is 12.3 Å². The van der Waals surface area contributed by atoms with Crippen molar-refractivity contribution in [2.45, 2.75) is 149 Å². The number of nitrogens with two attached hydrogens (primary N) is 2. The lowest BCUT2D eigenvalue weighted by molar-refractivity contribution is -0.154. The van der Waals surface area contributed by atoms with Crippen molar-refractivity contribution in [3.63, 3.8) is 0 Å². The average molecular weight is 589 g/mol. The Bertz CT molecular complexity index is 1030. The monoisotopic (exact) mass is 588 g/mol. The lowest BCUT2D eigenvalue weighted by atomic mass is 10.0. The van der Waals surface area contributed by atoms with Crippen LogP contribution < -0.4 is 11.5 Å². The SMILES string of the molecule is CCCCCCCCCCCCCCCC(=O)OCCC(CCn1cnc2cnc(N)nc21)OC(=O)[C@@H](N)[C@@H](C)CC. The van der Waals surface area contributed by atoms with E-state index in [1.807, 2.05) is 18.4 Å². The second-order valence-electron chi connectivity index (χ2n) is 11.6. The molecule has 42 heavy (non-hydrogen) atoms. The third-order valence-electron chi connectivity index (χ3n) is 8.07. The highest BCUT2D eigenvalue weighted by Gasteiger charge is 2.25. The smallest absolute Gasteiger partial charge is 0.323 e. The van der Waals surface area contributed by atoms with Crippen LogP contribution in [-0.4, -0.2) is 50.2 Å². The molecule has 2 aromatic rings. The van der Waals surface area contributed by atoms with Crippen molar-refractivity contribution in [3.05, 3.63) is 12.5 Å². The molecule has 0 bridgehead atoms. The van der Waals surface area contributed by atoms with Crippen LogP contribution in [0.3, 0.4) is 0 Å². The van der Waals surface area contributed by atoms with E-state index in [-0.39, 0.29) is 24.4 Å². The Hall–Kier alpha value is -2.75. The van der Waals surface area contributed by atoms with E-state index in [9.17, 15) is 9.59 Å². The number of anilines is 1. The van der Waals surface area contributed by atoms with E-state index in [0.29, 0.717) is 37.0 Å². The highest BCUT2D eigenvalue weighted by molar-refractivity contribution is 5.76. The van der Waals surface area contributed by atoms with E-state index in [2.05, 4.69) is 21.9 Å². The summed E-state index contributed by atoms with van der Waals surface area (Å²) in [6, 6.07) is -0.697. The van der Waals surface area contributed by atoms with Gasteiger partial charge in [0.25, 0.3) is 0 Å². The molecule has 2 rings (SSSR count). The molecule has 2 aromatic heterocycles. The molecule has 10 nitrogen and oxygen atoms in total. The zero-order valence-electron chi connectivity index (χ0n) is 26.4. The standard InChI is InChI=1S/C32H56N6O4/c1-4-6-7-8-9-10-11-12-13-14-15-16-17-18-28(39)41-22-20-26(42-31(40)29(33)25(3)5-2)19-21-38-24-36-27-23-35-32(34)37-30(27)38/h23-26,29H,4-22,33H2,1-3H3,(H2,34,35,37)/t25-,26?,29-/m0/s1. The van der Waals surface area contributed by atoms with Crippen molar-refractivity contribution < 1.29 is 19.1 Å². The number of aryl methyl sites for hydroxylation is 1. The number of rotatable bonds is 24. The van der Waals surface area contributed by atoms with Gasteiger partial charge in [0, 0.05) is 25.8 Å². The second kappa shape index (κ2) is 21.0. The van der Waals surface area contributed by atoms with Crippen LogP contribution in [0.4, 0.5) is 5.95 Å². The fourth-order valence-corrected chi connectivity index (χ4v) is 4.97. The molecule has 0 aliphatic heterocycles. The Morgan fingerprint density at radius 1 is 0.905 bits per heavy atom. The van der Waals surface area contributed by atoms with Crippen molar-refractivity contribution in [2.24, 2.45) is 11.7 Å². The molecule has 2 heterocycles. The first-order valence-corrected chi connectivity index (χ1v) is 16.4. The van der Waals surface area contributed by atoms with Crippen molar-refractivity contribution in [1.82, 2.24) is 19.5 Å². The predicted octanol–water partition coefficient (Wildman–Crippen LogP) is 6.50. The molecule has 0 aromatic carbocycles. The van der Waals surface area contributed by atoms with E-state index in [1.54, 1.807) is 12.5 Å². The number of esters is 2. The number of nitrogens with zero attached hydrogens (tertiary/aromatic N) is 4. The van der Waals surface area contributed by atoms with Gasteiger partial charge in [0.1, 0.15) is 17.7 Å². The summed E-state index contributed by atoms with van der Waals surface area (Å²) in [6.45, 7) is 6.86. The van der Waals surface area contributed by atoms with E-state index in [4.69, 9.17) is 20.9 Å². The summed E-state index contributed by atoms with van der Waals surface area (Å²) in [5.74, 6) is -0.460. The number of carbonyl (C=O) groups excluding carboxylic acids is 2. The molecular formula is C32H56N6O4. The summed E-state index contributed by atoms with van der Waals surface area (Å²) in [5.41, 5.74) is 13.1. The molecule has 238 valence electrons. The highest BCUT2D eigenvalue weighted by atomic mass is 16.6. The molecule has 0 fully saturated rings. The minimum Gasteiger partial charge on any atom is -0.466 e. The van der Waals surface area contributed by atoms with Crippen LogP contribution in [0.1, 0.15) is 130 Å². The first-order valence-electron chi connectivity index (χ1n) is 16.4. The molecule has 0 radical (unpaired) electrons. The van der Waals surface area contributed by atoms with Crippen molar-refractivity contribution in [2.75, 3.05) is 12.3 Å². The number of hydrogen-bond acceptors (Lipinski definition) is 9. The molecule has 0 spiro atoms. The molecule has 0 amide bonds. The summed E-state index contributed by atoms with van der Waals surface area (Å²) < 4.78 is 13.1. The quantitative estimate of drug-likeness (QED) is 0.103. The topological polar surface area (TPSA) is 148 Å². The summed E-state index contributed by atoms with van der Waals surface area (Å²) >= 11 is 0. The maximum absolute atomic E-state index is 12.7. The molecule has 1 unspecified atom stereocenters. The van der Waals surface area contributed by atoms with E-state index >= 15 is 0 Å². The lowest BCUT2D eigenvalue weighted by Crippen LogP contribution is -2.40. The normalized spacial score (nSPS) is 13.6. The Balaban J connectivity index is 1.68. The first kappa shape index (κ1) is 35.4. The summed E-state index contributed by atoms with van der Waals surface area (Å²) in [6.07, 6.45) is 21.3. The largest absolute Gasteiger partial charge is 0.466 e. The summed E-state index contributed by atoms with van der Waals surface area (Å²) in [4.78, 5) is 37.6. The zero-order valence-corrected chi connectivity index (χ0v) is 26.4. The molecule has 0 saturated carbocycles. The van der Waals surface area contributed by atoms with Crippen LogP contribution in [0, 0.1) is 5.92 Å². The second-order valence-corrected chi connectivity index (χ2v) is 11.6. The lowest BCUT2D eigenvalue weighted by Gasteiger charge is -2.23. The van der Waals surface area contributed by atoms with Gasteiger partial charge in [-0.2, -0.15) is 4.98 Å². The van der Waals surface area contributed by atoms with Crippen LogP contribution in [0.25, 0.3) is 11.2 Å². The third kappa shape index (κ3) is 13.9. The number of hydrogen-bond donors (Lipinski definition) is 2. The zero-order chi connectivity index (χ0) is 30.6. The van der Waals surface area contributed by atoms with E-state index in [0.717, 1.165) is 25.7 Å². The number of fused-ring (bicyclic) bond motifs is 1.